The summed E-state index contributed by atoms with van der Waals surface area (Å²) in [7, 11) is -2.90. The van der Waals surface area contributed by atoms with Gasteiger partial charge >= 0.3 is 0 Å². The molecule has 5 amide bonds. The highest BCUT2D eigenvalue weighted by molar-refractivity contribution is 7.59. The van der Waals surface area contributed by atoms with Crippen LogP contribution in [0.2, 0.25) is 0 Å². The number of benzene rings is 2. The lowest BCUT2D eigenvalue weighted by Crippen LogP contribution is -2.25. The van der Waals surface area contributed by atoms with Crippen molar-refractivity contribution in [1.82, 2.24) is 53.8 Å². The maximum atomic E-state index is 14.0. The predicted octanol–water partition coefficient (Wildman–Crippen LogP) is 4.07. The third kappa shape index (κ3) is 14.3. The minimum atomic E-state index is -2.28. The number of nitrogens with zero attached hydrogens (tertiary/aromatic N) is 10. The van der Waals surface area contributed by atoms with Crippen LogP contribution in [0.25, 0.3) is 22.1 Å². The number of rotatable bonds is 28. The minimum Gasteiger partial charge on any atom is -0.491 e. The molecule has 408 valence electrons. The summed E-state index contributed by atoms with van der Waals surface area (Å²) in [6.07, 6.45) is 11.5. The Hall–Kier alpha value is -8.02. The highest BCUT2D eigenvalue weighted by Crippen LogP contribution is 2.43. The van der Waals surface area contributed by atoms with Crippen LogP contribution < -0.4 is 42.6 Å². The molecule has 0 radical (unpaired) electrons. The molecule has 0 spiro atoms. The van der Waals surface area contributed by atoms with Crippen molar-refractivity contribution in [3.8, 4) is 11.5 Å². The third-order valence-corrected chi connectivity index (χ3v) is 14.3. The number of nitrogen functional groups attached to an aromatic ring is 1. The van der Waals surface area contributed by atoms with E-state index in [0.29, 0.717) is 71.8 Å². The number of hydrogen-bond acceptors (Lipinski definition) is 16. The van der Waals surface area contributed by atoms with Crippen LogP contribution in [-0.2, 0) is 37.5 Å². The predicted molar refractivity (Wildman–Crippen MR) is 291 cm³/mol. The third-order valence-electron chi connectivity index (χ3n) is 11.9. The van der Waals surface area contributed by atoms with Gasteiger partial charge in [0, 0.05) is 65.3 Å². The molecular formula is C49H62N16O10P2. The molecule has 0 saturated heterocycles. The fourth-order valence-corrected chi connectivity index (χ4v) is 9.43. The molecule has 77 heavy (non-hydrogen) atoms. The van der Waals surface area contributed by atoms with Gasteiger partial charge in [0.25, 0.3) is 11.8 Å². The smallest absolute Gasteiger partial charge is 0.276 e. The van der Waals surface area contributed by atoms with E-state index in [2.05, 4.69) is 31.2 Å². The summed E-state index contributed by atoms with van der Waals surface area (Å²) in [4.78, 5) is 104. The molecule has 5 heterocycles. The largest absolute Gasteiger partial charge is 0.491 e. The molecule has 26 nitrogen and oxygen atoms in total. The molecule has 0 aliphatic carbocycles. The number of primary amides is 2. The second-order valence-electron chi connectivity index (χ2n) is 17.5. The number of hydrogen-bond donors (Lipinski definition) is 9. The SMILES string of the molecule is CCn1nc(C)cc1C(=O)Nc1nc2cc(C(N)=O)cc(OC/C=C/Cn3cc(N)cn3)c2n1C/C=C/Cn1c(NC(=O)c2cc(C)nn2CC)nc2cc(C(N)=O)cc(OCCCC(=O)NCCCC(PO)P(O)O)c21. The number of nitrogens with two attached hydrogens (primary N) is 3. The molecule has 5 aromatic heterocycles. The molecular weight excluding hydrogens is 1030 g/mol. The zero-order valence-electron chi connectivity index (χ0n) is 42.8. The van der Waals surface area contributed by atoms with Crippen LogP contribution in [0.3, 0.4) is 0 Å². The van der Waals surface area contributed by atoms with E-state index in [4.69, 9.17) is 36.6 Å². The van der Waals surface area contributed by atoms with Crippen LogP contribution in [-0.4, -0.2) is 118 Å². The zero-order chi connectivity index (χ0) is 55.3. The van der Waals surface area contributed by atoms with Gasteiger partial charge < -0.3 is 55.8 Å². The quantitative estimate of drug-likeness (QED) is 0.0190. The van der Waals surface area contributed by atoms with Crippen LogP contribution in [0.15, 0.2) is 73.1 Å². The second-order valence-corrected chi connectivity index (χ2v) is 20.3. The Morgan fingerprint density at radius 2 is 1.29 bits per heavy atom. The highest BCUT2D eigenvalue weighted by Gasteiger charge is 2.24. The van der Waals surface area contributed by atoms with Gasteiger partial charge in [0.05, 0.1) is 52.9 Å². The van der Waals surface area contributed by atoms with Gasteiger partial charge in [0.2, 0.25) is 29.6 Å². The van der Waals surface area contributed by atoms with Gasteiger partial charge in [-0.2, -0.15) is 15.3 Å². The van der Waals surface area contributed by atoms with E-state index in [1.807, 2.05) is 19.9 Å². The molecule has 2 aromatic carbocycles. The molecule has 0 fully saturated rings. The number of anilines is 3. The van der Waals surface area contributed by atoms with Crippen LogP contribution in [0.5, 0.6) is 11.5 Å². The highest BCUT2D eigenvalue weighted by atomic mass is 31.2. The van der Waals surface area contributed by atoms with E-state index in [-0.39, 0.29) is 97.3 Å². The summed E-state index contributed by atoms with van der Waals surface area (Å²) in [5, 5.41) is 21.0. The maximum Gasteiger partial charge on any atom is 0.276 e. The standard InChI is InChI=1S/C49H62N16O10P2/c1-5-64-36(21-29(3)59-64)46(69)57-48-55-34-23-31(44(51)67)25-38(74-19-10-9-16-61-28-33(50)27-54-61)42(34)62(48)17-7-8-18-63-43-35(56-49(63)58-47(70)37-22-30(4)60-65(37)6-2)24-32(45(52)68)26-39(43)75-20-12-13-40(66)53-15-11-14-41(76-71)77(72)73/h7-10,21-28,41,71-73,76H,5-6,11-20,50H2,1-4H3,(H2,51,67)(H2,52,68)(H,53,66)(H,55,57,69)(H,56,58,70)/b8-7+,10-9+. The number of aryl methyl sites for hydroxylation is 4. The summed E-state index contributed by atoms with van der Waals surface area (Å²) in [5.74, 6) is -2.12. The first-order chi connectivity index (χ1) is 37.0. The first kappa shape index (κ1) is 56.7. The Morgan fingerprint density at radius 1 is 0.753 bits per heavy atom. The Morgan fingerprint density at radius 3 is 1.77 bits per heavy atom. The molecule has 28 heteroatoms. The van der Waals surface area contributed by atoms with E-state index < -0.39 is 46.2 Å². The summed E-state index contributed by atoms with van der Waals surface area (Å²) in [6, 6.07) is 9.27. The summed E-state index contributed by atoms with van der Waals surface area (Å²) >= 11 is 0. The van der Waals surface area contributed by atoms with Gasteiger partial charge in [-0.05, 0) is 89.4 Å². The van der Waals surface area contributed by atoms with Crippen molar-refractivity contribution in [2.45, 2.75) is 91.5 Å². The number of carbonyl (C=O) groups is 5. The second kappa shape index (κ2) is 26.2. The fraction of sp³-hybridized carbons (Fsp3) is 0.347. The number of carbonyl (C=O) groups excluding carboxylic acids is 5. The average Bonchev–Trinajstić information content (AvgIpc) is 4.24. The average molecular weight is 1100 g/mol. The van der Waals surface area contributed by atoms with Gasteiger partial charge in [-0.3, -0.25) is 48.7 Å². The van der Waals surface area contributed by atoms with E-state index in [1.54, 1.807) is 73.6 Å². The Kier molecular flexibility index (Phi) is 19.3. The normalized spacial score (nSPS) is 12.3. The monoisotopic (exact) mass is 1100 g/mol. The molecule has 2 unspecified atom stereocenters. The molecule has 0 bridgehead atoms. The van der Waals surface area contributed by atoms with Crippen molar-refractivity contribution in [3.63, 3.8) is 0 Å². The van der Waals surface area contributed by atoms with Gasteiger partial charge in [0.15, 0.2) is 8.38 Å². The van der Waals surface area contributed by atoms with Crippen LogP contribution >= 0.6 is 17.2 Å². The first-order valence-corrected chi connectivity index (χ1v) is 26.9. The molecule has 0 aliphatic heterocycles. The molecule has 0 saturated carbocycles. The van der Waals surface area contributed by atoms with Gasteiger partial charge in [-0.25, -0.2) is 9.97 Å². The van der Waals surface area contributed by atoms with Crippen molar-refractivity contribution in [2.24, 2.45) is 11.5 Å². The molecule has 0 aliphatic rings. The van der Waals surface area contributed by atoms with E-state index >= 15 is 0 Å². The van der Waals surface area contributed by atoms with Gasteiger partial charge in [-0.15, -0.1) is 0 Å². The van der Waals surface area contributed by atoms with Crippen LogP contribution in [0.4, 0.5) is 17.6 Å². The summed E-state index contributed by atoms with van der Waals surface area (Å²) in [6.45, 7) is 8.99. The molecule has 12 N–H and O–H groups in total. The number of allylic oxidation sites excluding steroid dienone is 3. The Balaban J connectivity index is 1.22. The Labute approximate surface area is 444 Å². The lowest BCUT2D eigenvalue weighted by Gasteiger charge is -2.14. The van der Waals surface area contributed by atoms with Crippen molar-refractivity contribution in [1.29, 1.82) is 0 Å². The number of amides is 5. The Bertz CT molecular complexity index is 3340. The van der Waals surface area contributed by atoms with Crippen LogP contribution in [0.1, 0.15) is 92.6 Å². The lowest BCUT2D eigenvalue weighted by atomic mass is 10.1. The topological polar surface area (TPSA) is 368 Å². The number of imidazole rings is 2. The maximum absolute atomic E-state index is 14.0. The zero-order valence-corrected chi connectivity index (χ0v) is 44.7. The van der Waals surface area contributed by atoms with Gasteiger partial charge in [0.1, 0.15) is 40.5 Å². The number of aromatic nitrogens is 10. The van der Waals surface area contributed by atoms with Crippen molar-refractivity contribution >= 4 is 86.4 Å². The van der Waals surface area contributed by atoms with Crippen molar-refractivity contribution in [3.05, 3.63) is 107 Å². The van der Waals surface area contributed by atoms with Gasteiger partial charge in [-0.1, -0.05) is 18.2 Å². The van der Waals surface area contributed by atoms with Crippen molar-refractivity contribution in [2.75, 3.05) is 36.1 Å². The fourth-order valence-electron chi connectivity index (χ4n) is 8.27. The van der Waals surface area contributed by atoms with E-state index in [9.17, 15) is 38.7 Å². The van der Waals surface area contributed by atoms with E-state index in [1.165, 1.54) is 30.5 Å². The first-order valence-electron chi connectivity index (χ1n) is 24.5. The lowest BCUT2D eigenvalue weighted by molar-refractivity contribution is -0.121. The van der Waals surface area contributed by atoms with E-state index in [0.717, 1.165) is 0 Å². The molecule has 2 atom stereocenters. The number of ether oxygens (including phenoxy) is 2. The number of fused-ring (bicyclic) bond motifs is 2. The number of nitrogens with one attached hydrogen (secondary N) is 3. The minimum absolute atomic E-state index is 0.0212. The molecule has 7 rings (SSSR count). The molecule has 7 aromatic rings. The summed E-state index contributed by atoms with van der Waals surface area (Å²) < 4.78 is 20.7. The van der Waals surface area contributed by atoms with Crippen molar-refractivity contribution < 1.29 is 48.1 Å². The summed E-state index contributed by atoms with van der Waals surface area (Å²) in [5.41, 5.74) is 21.3. The van der Waals surface area contributed by atoms with Crippen LogP contribution in [0, 0.1) is 13.8 Å².